The molecule has 2 aliphatic heterocycles. The summed E-state index contributed by atoms with van der Waals surface area (Å²) >= 11 is 0. The van der Waals surface area contributed by atoms with Gasteiger partial charge in [0, 0.05) is 45.0 Å². The molecule has 3 heteroatoms. The highest BCUT2D eigenvalue weighted by molar-refractivity contribution is 7.00. The predicted octanol–water partition coefficient (Wildman–Crippen LogP) is 33.0. The summed E-state index contributed by atoms with van der Waals surface area (Å²) in [5.74, 6) is 0. The number of anilines is 6. The lowest BCUT2D eigenvalue weighted by atomic mass is 9.33. The average molecular weight is 1650 g/mol. The molecule has 0 unspecified atom stereocenters. The maximum atomic E-state index is 11.9. The van der Waals surface area contributed by atoms with E-state index in [-0.39, 0.29) is 159 Å². The Labute approximate surface area is 777 Å². The van der Waals surface area contributed by atoms with Crippen LogP contribution < -0.4 is 26.2 Å². The predicted molar refractivity (Wildman–Crippen MR) is 543 cm³/mol. The third-order valence-electron chi connectivity index (χ3n) is 24.2. The second-order valence-corrected chi connectivity index (χ2v) is 47.1. The maximum Gasteiger partial charge on any atom is 0.252 e. The first-order valence-electron chi connectivity index (χ1n) is 55.6. The molecule has 0 aliphatic carbocycles. The molecular weight excluding hydrogens is 1480 g/mol. The van der Waals surface area contributed by atoms with E-state index in [4.69, 9.17) is 1.37 Å². The summed E-state index contributed by atoms with van der Waals surface area (Å²) in [5.41, 5.74) is -4.13. The lowest BCUT2D eigenvalue weighted by Crippen LogP contribution is -2.61. The Hall–Kier alpha value is -9.70. The zero-order valence-corrected chi connectivity index (χ0v) is 80.6. The summed E-state index contributed by atoms with van der Waals surface area (Å²) in [5, 5.41) is 0. The van der Waals surface area contributed by atoms with E-state index in [2.05, 4.69) is 119 Å². The van der Waals surface area contributed by atoms with Crippen LogP contribution in [0.3, 0.4) is 0 Å². The van der Waals surface area contributed by atoms with Crippen molar-refractivity contribution in [1.29, 1.82) is 0 Å². The van der Waals surface area contributed by atoms with E-state index >= 15 is 0 Å². The Balaban J connectivity index is 1.46. The first-order valence-corrected chi connectivity index (χ1v) is 44.1. The van der Waals surface area contributed by atoms with Crippen molar-refractivity contribution in [2.75, 3.05) is 9.80 Å². The molecule has 12 aromatic carbocycles. The number of hydrogen-bond acceptors (Lipinski definition) is 2. The molecule has 2 nitrogen and oxygen atoms in total. The molecule has 638 valence electrons. The number of nitrogens with zero attached hydrogens (tertiary/aromatic N) is 2. The van der Waals surface area contributed by atoms with E-state index < -0.39 is 180 Å². The maximum absolute atomic E-state index is 11.9. The van der Waals surface area contributed by atoms with Crippen molar-refractivity contribution in [3.05, 3.63) is 291 Å². The minimum Gasteiger partial charge on any atom is -0.310 e. The van der Waals surface area contributed by atoms with E-state index in [1.165, 1.54) is 0 Å². The zero-order chi connectivity index (χ0) is 110. The van der Waals surface area contributed by atoms with Crippen LogP contribution in [0.25, 0.3) is 77.9 Å². The van der Waals surface area contributed by atoms with E-state index in [9.17, 15) is 30.2 Å². The highest BCUT2D eigenvalue weighted by Crippen LogP contribution is 2.59. The Bertz CT molecular complexity index is 7360. The number of rotatable bonds is 9. The van der Waals surface area contributed by atoms with Gasteiger partial charge in [-0.2, -0.15) is 0 Å². The highest BCUT2D eigenvalue weighted by atomic mass is 15.2. The summed E-state index contributed by atoms with van der Waals surface area (Å²) in [6, 6.07) is 17.6. The Kier molecular flexibility index (Phi) is 15.9. The van der Waals surface area contributed by atoms with E-state index in [0.29, 0.717) is 38.8 Å². The number of benzene rings is 12. The first kappa shape index (κ1) is 64.1. The van der Waals surface area contributed by atoms with Gasteiger partial charge in [0.05, 0.1) is 42.9 Å². The second-order valence-electron chi connectivity index (χ2n) is 47.1. The SMILES string of the molecule is [2H]c1c([2H])c([2H])c(-c2ccc3c(c2)N(c2c(-c4c([2H])c([2H])c(C(C)(C)C)c([2H])c4[2H])c([2H])c(C(C)(C)C)c([2H])c2-c2c(C(C)(C)C)c([2H])c([2H])c([2H])c2C(C)(C)C)c2cc(-c4cc(C(C)(C)C)cc(C(C)(C)C)c4)cc4c2B3c2ccc(-c3cc(C(C)(C)C)cc(C(C)(C)C)c3)cc2N4c2c(-c3c([2H])c([2H])c(C(C)(C)C)c([2H])c3[2H])c([2H])c(C(C)(C)C)c([2H])c2-c2c([2H])c([2H])c(C(C)(C)C)c([2H])c2C(C)(C)C)c([2H])c1[2H]. The monoisotopic (exact) mass is 1650 g/mol. The molecule has 14 rings (SSSR count). The molecule has 0 atom stereocenters. The topological polar surface area (TPSA) is 6.48 Å². The van der Waals surface area contributed by atoms with Crippen molar-refractivity contribution in [1.82, 2.24) is 0 Å². The molecule has 0 saturated heterocycles. The summed E-state index contributed by atoms with van der Waals surface area (Å²) in [6.07, 6.45) is 0. The molecule has 0 saturated carbocycles. The lowest BCUT2D eigenvalue weighted by molar-refractivity contribution is 0.568. The van der Waals surface area contributed by atoms with Gasteiger partial charge in [0.25, 0.3) is 6.71 Å². The van der Waals surface area contributed by atoms with Crippen molar-refractivity contribution in [3.63, 3.8) is 0 Å². The molecule has 123 heavy (non-hydrogen) atoms. The van der Waals surface area contributed by atoms with Crippen LogP contribution in [0, 0.1) is 0 Å². The molecule has 0 radical (unpaired) electrons. The second kappa shape index (κ2) is 30.6. The Morgan fingerprint density at radius 1 is 0.211 bits per heavy atom. The van der Waals surface area contributed by atoms with E-state index in [1.54, 1.807) is 53.7 Å². The van der Waals surface area contributed by atoms with Gasteiger partial charge in [-0.1, -0.05) is 425 Å². The summed E-state index contributed by atoms with van der Waals surface area (Å²) in [4.78, 5) is 3.75. The largest absolute Gasteiger partial charge is 0.310 e. The molecule has 12 aromatic rings. The lowest BCUT2D eigenvalue weighted by Gasteiger charge is -2.46. The van der Waals surface area contributed by atoms with Crippen LogP contribution >= 0.6 is 0 Å². The van der Waals surface area contributed by atoms with Gasteiger partial charge in [0.15, 0.2) is 0 Å². The minimum atomic E-state index is -1.28. The Morgan fingerprint density at radius 2 is 0.528 bits per heavy atom. The van der Waals surface area contributed by atoms with Crippen LogP contribution in [0.4, 0.5) is 34.1 Å². The van der Waals surface area contributed by atoms with Gasteiger partial charge in [-0.3, -0.25) is 0 Å². The van der Waals surface area contributed by atoms with Crippen molar-refractivity contribution >= 4 is 57.2 Å². The van der Waals surface area contributed by atoms with Crippen molar-refractivity contribution in [2.24, 2.45) is 0 Å². The quantitative estimate of drug-likeness (QED) is 0.133. The Morgan fingerprint density at radius 3 is 0.894 bits per heavy atom. The minimum absolute atomic E-state index is 0.0354. The molecule has 2 aliphatic rings. The standard InChI is InChI=1S/C120H145BN2/c1-109(2,3)82-51-45-75(46-52-82)92-69-89(116(22,23)24)71-94(91-56-55-84(111(7,8)9)73-98(91)120(34,35)36)107(92)122-102-64-78(79-59-85(112(10,11)12)67-86(60-79)113(13,14)15)50-58-100(102)121-99-57-49-77(74-41-38-37-39-42-74)63-101(99)123(104-66-81(65-103(122)106(104)121)80-61-87(114(16,17)18)68-88(62-80)115(19,20)21)108-93(76-47-53-83(54-48-76)110(4,5)6)70-90(117(25,26)27)72-95(108)105-96(118(28,29)30)43-40-44-97(105)119(31,32)33/h37-73H,1-36H3/i37D,38D,39D,40D,41D,42D,43D,44D,45D,46D,47D,48D,51D,52D,53D,54D,55D,56D,69D,70D,71D,72D,73D. The third kappa shape index (κ3) is 17.5. The number of fused-ring (bicyclic) bond motifs is 4. The summed E-state index contributed by atoms with van der Waals surface area (Å²) < 4.78 is 246. The fourth-order valence-electron chi connectivity index (χ4n) is 16.6. The van der Waals surface area contributed by atoms with Gasteiger partial charge in [0.1, 0.15) is 0 Å². The van der Waals surface area contributed by atoms with Crippen LogP contribution in [-0.4, -0.2) is 6.71 Å². The van der Waals surface area contributed by atoms with E-state index in [1.807, 2.05) is 171 Å². The molecule has 0 fully saturated rings. The van der Waals surface area contributed by atoms with Gasteiger partial charge in [0.2, 0.25) is 0 Å². The van der Waals surface area contributed by atoms with Crippen molar-refractivity contribution in [3.8, 4) is 77.9 Å². The summed E-state index contributed by atoms with van der Waals surface area (Å²) in [7, 11) is 0. The zero-order valence-electron chi connectivity index (χ0n) is 104. The van der Waals surface area contributed by atoms with Crippen LogP contribution in [0.1, 0.15) is 348 Å². The molecule has 0 spiro atoms. The summed E-state index contributed by atoms with van der Waals surface area (Å²) in [6.45, 7) is 68.9. The van der Waals surface area contributed by atoms with Gasteiger partial charge in [-0.15, -0.1) is 0 Å². The van der Waals surface area contributed by atoms with Crippen LogP contribution in [-0.2, 0) is 65.0 Å². The van der Waals surface area contributed by atoms with Crippen LogP contribution in [0.15, 0.2) is 224 Å². The smallest absolute Gasteiger partial charge is 0.252 e. The normalized spacial score (nSPS) is 16.6. The molecule has 0 amide bonds. The van der Waals surface area contributed by atoms with Crippen LogP contribution in [0.2, 0.25) is 0 Å². The van der Waals surface area contributed by atoms with Gasteiger partial charge in [-0.25, -0.2) is 0 Å². The van der Waals surface area contributed by atoms with Crippen molar-refractivity contribution < 1.29 is 31.5 Å². The molecule has 2 heterocycles. The fourth-order valence-corrected chi connectivity index (χ4v) is 16.6. The van der Waals surface area contributed by atoms with Gasteiger partial charge in [-0.05, 0) is 252 Å². The molecule has 0 aromatic heterocycles. The fraction of sp³-hybridized carbons (Fsp3) is 0.400. The van der Waals surface area contributed by atoms with Crippen LogP contribution in [0.5, 0.6) is 0 Å². The number of hydrogen-bond donors (Lipinski definition) is 0. The first-order chi connectivity index (χ1) is 66.2. The van der Waals surface area contributed by atoms with Gasteiger partial charge >= 0.3 is 0 Å². The molecular formula is C120H145BN2. The highest BCUT2D eigenvalue weighted by Gasteiger charge is 2.48. The van der Waals surface area contributed by atoms with Gasteiger partial charge < -0.3 is 9.80 Å². The van der Waals surface area contributed by atoms with Crippen molar-refractivity contribution in [2.45, 2.75) is 314 Å². The molecule has 0 bridgehead atoms. The third-order valence-corrected chi connectivity index (χ3v) is 24.2. The average Bonchev–Trinajstić information content (AvgIpc) is 0.673. The molecule has 0 N–H and O–H groups in total. The van der Waals surface area contributed by atoms with E-state index in [0.717, 1.165) is 27.8 Å².